The second-order valence-electron chi connectivity index (χ2n) is 8.02. The first-order chi connectivity index (χ1) is 15.8. The van der Waals surface area contributed by atoms with Gasteiger partial charge in [-0.3, -0.25) is 0 Å². The lowest BCUT2D eigenvalue weighted by Gasteiger charge is -2.13. The van der Waals surface area contributed by atoms with Crippen LogP contribution in [0.5, 0.6) is 5.75 Å². The Hall–Kier alpha value is -4.30. The molecule has 32 heavy (non-hydrogen) atoms. The van der Waals surface area contributed by atoms with Crippen LogP contribution >= 0.6 is 0 Å². The second kappa shape index (κ2) is 7.44. The molecule has 6 aromatic rings. The SMILES string of the molecule is Oc1ccc(-n2c3ccccc3c3cccc(-c4cccc(-c5ccccc5)c4)c32)cc1. The van der Waals surface area contributed by atoms with Crippen molar-refractivity contribution in [3.8, 4) is 33.7 Å². The Morgan fingerprint density at radius 3 is 2.00 bits per heavy atom. The lowest BCUT2D eigenvalue weighted by molar-refractivity contribution is 0.475. The number of phenolic OH excluding ortho intramolecular Hbond substituents is 1. The largest absolute Gasteiger partial charge is 0.508 e. The first-order valence-electron chi connectivity index (χ1n) is 10.8. The highest BCUT2D eigenvalue weighted by molar-refractivity contribution is 6.13. The van der Waals surface area contributed by atoms with Gasteiger partial charge in [0.15, 0.2) is 0 Å². The van der Waals surface area contributed by atoms with Crippen LogP contribution in [0, 0.1) is 0 Å². The van der Waals surface area contributed by atoms with E-state index in [4.69, 9.17) is 0 Å². The third-order valence-electron chi connectivity index (χ3n) is 6.08. The van der Waals surface area contributed by atoms with Gasteiger partial charge in [0.05, 0.1) is 11.0 Å². The van der Waals surface area contributed by atoms with Crippen molar-refractivity contribution in [1.29, 1.82) is 0 Å². The van der Waals surface area contributed by atoms with E-state index in [0.717, 1.165) is 11.2 Å². The van der Waals surface area contributed by atoms with Crippen LogP contribution in [-0.2, 0) is 0 Å². The van der Waals surface area contributed by atoms with Gasteiger partial charge in [0.25, 0.3) is 0 Å². The van der Waals surface area contributed by atoms with E-state index in [2.05, 4.69) is 95.6 Å². The molecule has 0 bridgehead atoms. The van der Waals surface area contributed by atoms with Gasteiger partial charge in [-0.25, -0.2) is 0 Å². The molecule has 0 saturated heterocycles. The number of aromatic nitrogens is 1. The summed E-state index contributed by atoms with van der Waals surface area (Å²) in [5.41, 5.74) is 8.13. The molecule has 2 nitrogen and oxygen atoms in total. The van der Waals surface area contributed by atoms with E-state index in [1.807, 2.05) is 18.2 Å². The number of aromatic hydroxyl groups is 1. The molecule has 1 aromatic heterocycles. The second-order valence-corrected chi connectivity index (χ2v) is 8.02. The van der Waals surface area contributed by atoms with Gasteiger partial charge >= 0.3 is 0 Å². The number of benzene rings is 5. The number of hydrogen-bond donors (Lipinski definition) is 1. The molecule has 0 amide bonds. The fourth-order valence-electron chi connectivity index (χ4n) is 4.62. The molecule has 0 fully saturated rings. The molecule has 0 atom stereocenters. The number of rotatable bonds is 3. The number of hydrogen-bond acceptors (Lipinski definition) is 1. The monoisotopic (exact) mass is 411 g/mol. The molecular formula is C30H21NO. The summed E-state index contributed by atoms with van der Waals surface area (Å²) >= 11 is 0. The zero-order chi connectivity index (χ0) is 21.5. The van der Waals surface area contributed by atoms with Crippen LogP contribution in [0.25, 0.3) is 49.7 Å². The van der Waals surface area contributed by atoms with Gasteiger partial charge in [-0.1, -0.05) is 84.9 Å². The maximum absolute atomic E-state index is 9.84. The smallest absolute Gasteiger partial charge is 0.115 e. The molecule has 0 radical (unpaired) electrons. The van der Waals surface area contributed by atoms with E-state index in [1.54, 1.807) is 12.1 Å². The molecule has 0 aliphatic carbocycles. The van der Waals surface area contributed by atoms with Crippen LogP contribution in [0.2, 0.25) is 0 Å². The van der Waals surface area contributed by atoms with Gasteiger partial charge in [0.2, 0.25) is 0 Å². The summed E-state index contributed by atoms with van der Waals surface area (Å²) in [6.45, 7) is 0. The van der Waals surface area contributed by atoms with Crippen LogP contribution in [-0.4, -0.2) is 9.67 Å². The van der Waals surface area contributed by atoms with E-state index >= 15 is 0 Å². The number of para-hydroxylation sites is 2. The summed E-state index contributed by atoms with van der Waals surface area (Å²) in [5.74, 6) is 0.269. The Balaban J connectivity index is 1.67. The Bertz CT molecular complexity index is 1560. The molecule has 2 heteroatoms. The van der Waals surface area contributed by atoms with Gasteiger partial charge < -0.3 is 9.67 Å². The first kappa shape index (κ1) is 18.5. The van der Waals surface area contributed by atoms with Gasteiger partial charge in [-0.05, 0) is 53.1 Å². The Labute approximate surface area is 186 Å². The number of nitrogens with zero attached hydrogens (tertiary/aromatic N) is 1. The van der Waals surface area contributed by atoms with Crippen molar-refractivity contribution >= 4 is 21.8 Å². The highest BCUT2D eigenvalue weighted by atomic mass is 16.3. The van der Waals surface area contributed by atoms with Gasteiger partial charge in [-0.15, -0.1) is 0 Å². The average Bonchev–Trinajstić information content (AvgIpc) is 3.20. The van der Waals surface area contributed by atoms with Crippen LogP contribution in [0.15, 0.2) is 121 Å². The third kappa shape index (κ3) is 2.97. The van der Waals surface area contributed by atoms with E-state index in [-0.39, 0.29) is 5.75 Å². The molecule has 6 rings (SSSR count). The van der Waals surface area contributed by atoms with Crippen molar-refractivity contribution in [2.24, 2.45) is 0 Å². The predicted molar refractivity (Wildman–Crippen MR) is 133 cm³/mol. The number of fused-ring (bicyclic) bond motifs is 3. The van der Waals surface area contributed by atoms with Crippen molar-refractivity contribution in [2.75, 3.05) is 0 Å². The summed E-state index contributed by atoms with van der Waals surface area (Å²) in [6.07, 6.45) is 0. The Kier molecular flexibility index (Phi) is 4.29. The molecule has 1 heterocycles. The Morgan fingerprint density at radius 2 is 1.16 bits per heavy atom. The van der Waals surface area contributed by atoms with Crippen LogP contribution in [0.3, 0.4) is 0 Å². The summed E-state index contributed by atoms with van der Waals surface area (Å²) in [5, 5.41) is 12.3. The standard InChI is InChI=1S/C30H21NO/c32-25-18-16-24(17-19-25)31-29-15-5-4-12-27(29)28-14-7-13-26(30(28)31)23-11-6-10-22(20-23)21-8-2-1-3-9-21/h1-20,32H. The Morgan fingerprint density at radius 1 is 0.500 bits per heavy atom. The minimum absolute atomic E-state index is 0.269. The van der Waals surface area contributed by atoms with Gasteiger partial charge in [0, 0.05) is 22.0 Å². The summed E-state index contributed by atoms with van der Waals surface area (Å²) in [4.78, 5) is 0. The van der Waals surface area contributed by atoms with Crippen LogP contribution in [0.4, 0.5) is 0 Å². The molecule has 152 valence electrons. The molecule has 0 unspecified atom stereocenters. The van der Waals surface area contributed by atoms with Crippen LogP contribution < -0.4 is 0 Å². The van der Waals surface area contributed by atoms with E-state index in [0.29, 0.717) is 0 Å². The molecule has 0 saturated carbocycles. The highest BCUT2D eigenvalue weighted by Crippen LogP contribution is 2.39. The maximum atomic E-state index is 9.84. The first-order valence-corrected chi connectivity index (χ1v) is 10.8. The van der Waals surface area contributed by atoms with Crippen molar-refractivity contribution in [2.45, 2.75) is 0 Å². The van der Waals surface area contributed by atoms with Crippen molar-refractivity contribution in [3.63, 3.8) is 0 Å². The normalized spacial score (nSPS) is 11.2. The molecule has 0 aliphatic heterocycles. The van der Waals surface area contributed by atoms with Crippen molar-refractivity contribution in [3.05, 3.63) is 121 Å². The minimum Gasteiger partial charge on any atom is -0.508 e. The zero-order valence-corrected chi connectivity index (χ0v) is 17.4. The minimum atomic E-state index is 0.269. The summed E-state index contributed by atoms with van der Waals surface area (Å²) in [6, 6.07) is 41.7. The summed E-state index contributed by atoms with van der Waals surface area (Å²) in [7, 11) is 0. The maximum Gasteiger partial charge on any atom is 0.115 e. The molecule has 0 spiro atoms. The van der Waals surface area contributed by atoms with Crippen LogP contribution in [0.1, 0.15) is 0 Å². The van der Waals surface area contributed by atoms with Crippen molar-refractivity contribution in [1.82, 2.24) is 4.57 Å². The molecule has 5 aromatic carbocycles. The fraction of sp³-hybridized carbons (Fsp3) is 0. The average molecular weight is 412 g/mol. The zero-order valence-electron chi connectivity index (χ0n) is 17.4. The third-order valence-corrected chi connectivity index (χ3v) is 6.08. The van der Waals surface area contributed by atoms with E-state index < -0.39 is 0 Å². The molecular weight excluding hydrogens is 390 g/mol. The topological polar surface area (TPSA) is 25.2 Å². The molecule has 0 aliphatic rings. The quantitative estimate of drug-likeness (QED) is 0.315. The fourth-order valence-corrected chi connectivity index (χ4v) is 4.62. The van der Waals surface area contributed by atoms with E-state index in [9.17, 15) is 5.11 Å². The van der Waals surface area contributed by atoms with Gasteiger partial charge in [-0.2, -0.15) is 0 Å². The van der Waals surface area contributed by atoms with Crippen molar-refractivity contribution < 1.29 is 5.11 Å². The lowest BCUT2D eigenvalue weighted by atomic mass is 9.97. The van der Waals surface area contributed by atoms with Gasteiger partial charge in [0.1, 0.15) is 5.75 Å². The number of phenols is 1. The summed E-state index contributed by atoms with van der Waals surface area (Å²) < 4.78 is 2.30. The highest BCUT2D eigenvalue weighted by Gasteiger charge is 2.16. The predicted octanol–water partition coefficient (Wildman–Crippen LogP) is 7.82. The lowest BCUT2D eigenvalue weighted by Crippen LogP contribution is -1.95. The molecule has 1 N–H and O–H groups in total. The van der Waals surface area contributed by atoms with E-state index in [1.165, 1.54) is 38.5 Å².